The Labute approximate surface area is 180 Å². The highest BCUT2D eigenvalue weighted by atomic mass is 32.2. The highest BCUT2D eigenvalue weighted by Crippen LogP contribution is 2.27. The van der Waals surface area contributed by atoms with Gasteiger partial charge in [-0.15, -0.1) is 11.8 Å². The zero-order valence-electron chi connectivity index (χ0n) is 16.9. The van der Waals surface area contributed by atoms with Crippen molar-refractivity contribution in [1.29, 1.82) is 0 Å². The summed E-state index contributed by atoms with van der Waals surface area (Å²) in [5.41, 5.74) is 5.26. The lowest BCUT2D eigenvalue weighted by molar-refractivity contribution is -0.138. The molecule has 2 aromatic carbocycles. The van der Waals surface area contributed by atoms with Gasteiger partial charge < -0.3 is 5.32 Å². The Morgan fingerprint density at radius 1 is 1.13 bits per heavy atom. The highest BCUT2D eigenvalue weighted by Gasteiger charge is 2.48. The van der Waals surface area contributed by atoms with E-state index in [0.29, 0.717) is 12.8 Å². The Balaban J connectivity index is 1.31. The fourth-order valence-electron chi connectivity index (χ4n) is 3.94. The first kappa shape index (κ1) is 20.5. The van der Waals surface area contributed by atoms with Crippen molar-refractivity contribution in [1.82, 2.24) is 15.8 Å². The molecule has 1 aliphatic carbocycles. The molecule has 1 atom stereocenters. The molecule has 6 nitrogen and oxygen atoms in total. The van der Waals surface area contributed by atoms with Crippen molar-refractivity contribution in [2.45, 2.75) is 49.5 Å². The van der Waals surface area contributed by atoms with Crippen molar-refractivity contribution in [3.05, 3.63) is 65.2 Å². The van der Waals surface area contributed by atoms with Gasteiger partial charge in [0, 0.05) is 4.90 Å². The SMILES string of the molecule is CC1(CCc2ccccc2)NC(=O)N(NC(=O)CSc2ccc3c(c2)CCC3)C1=O. The predicted molar refractivity (Wildman–Crippen MR) is 116 cm³/mol. The Morgan fingerprint density at radius 2 is 1.90 bits per heavy atom. The molecular weight excluding hydrogens is 398 g/mol. The van der Waals surface area contributed by atoms with Gasteiger partial charge in [0.1, 0.15) is 5.54 Å². The number of aryl methyl sites for hydroxylation is 3. The molecule has 1 heterocycles. The maximum Gasteiger partial charge on any atom is 0.344 e. The van der Waals surface area contributed by atoms with Gasteiger partial charge in [0.15, 0.2) is 0 Å². The van der Waals surface area contributed by atoms with Gasteiger partial charge in [-0.25, -0.2) is 4.79 Å². The van der Waals surface area contributed by atoms with Crippen LogP contribution in [0.25, 0.3) is 0 Å². The van der Waals surface area contributed by atoms with Crippen LogP contribution in [0.5, 0.6) is 0 Å². The monoisotopic (exact) mass is 423 g/mol. The first-order chi connectivity index (χ1) is 14.4. The molecule has 1 aliphatic heterocycles. The van der Waals surface area contributed by atoms with E-state index >= 15 is 0 Å². The molecule has 0 saturated carbocycles. The third-order valence-electron chi connectivity index (χ3n) is 5.69. The van der Waals surface area contributed by atoms with E-state index < -0.39 is 17.5 Å². The van der Waals surface area contributed by atoms with Crippen LogP contribution in [-0.4, -0.2) is 34.1 Å². The lowest BCUT2D eigenvalue weighted by atomic mass is 9.93. The number of nitrogens with zero attached hydrogens (tertiary/aromatic N) is 1. The van der Waals surface area contributed by atoms with Crippen LogP contribution in [0.15, 0.2) is 53.4 Å². The van der Waals surface area contributed by atoms with Crippen molar-refractivity contribution in [3.63, 3.8) is 0 Å². The second kappa shape index (κ2) is 8.52. The van der Waals surface area contributed by atoms with Gasteiger partial charge in [-0.05, 0) is 67.9 Å². The van der Waals surface area contributed by atoms with E-state index in [1.165, 1.54) is 29.3 Å². The molecule has 4 rings (SSSR count). The molecule has 4 amide bonds. The van der Waals surface area contributed by atoms with Gasteiger partial charge in [-0.1, -0.05) is 36.4 Å². The van der Waals surface area contributed by atoms with Gasteiger partial charge in [-0.2, -0.15) is 5.01 Å². The average molecular weight is 424 g/mol. The summed E-state index contributed by atoms with van der Waals surface area (Å²) in [4.78, 5) is 38.5. The summed E-state index contributed by atoms with van der Waals surface area (Å²) in [7, 11) is 0. The van der Waals surface area contributed by atoms with Crippen molar-refractivity contribution in [3.8, 4) is 0 Å². The number of benzene rings is 2. The second-order valence-electron chi connectivity index (χ2n) is 8.00. The maximum absolute atomic E-state index is 12.8. The number of fused-ring (bicyclic) bond motifs is 1. The second-order valence-corrected chi connectivity index (χ2v) is 9.04. The van der Waals surface area contributed by atoms with E-state index in [1.54, 1.807) is 6.92 Å². The minimum atomic E-state index is -1.03. The first-order valence-corrected chi connectivity index (χ1v) is 11.2. The Morgan fingerprint density at radius 3 is 2.70 bits per heavy atom. The quantitative estimate of drug-likeness (QED) is 0.529. The Bertz CT molecular complexity index is 979. The molecule has 2 aliphatic rings. The summed E-state index contributed by atoms with van der Waals surface area (Å²) in [6, 6.07) is 15.5. The number of rotatable bonds is 7. The standard InChI is InChI=1S/C23H25N3O3S/c1-23(13-12-16-6-3-2-4-7-16)21(28)26(22(29)24-23)25-20(27)15-30-19-11-10-17-8-5-9-18(17)14-19/h2-4,6-7,10-11,14H,5,8-9,12-13,15H2,1H3,(H,24,29)(H,25,27). The number of amides is 4. The molecule has 2 N–H and O–H groups in total. The molecule has 1 fully saturated rings. The Kier molecular flexibility index (Phi) is 5.81. The van der Waals surface area contributed by atoms with Gasteiger partial charge in [0.25, 0.3) is 5.91 Å². The highest BCUT2D eigenvalue weighted by molar-refractivity contribution is 8.00. The summed E-state index contributed by atoms with van der Waals surface area (Å²) in [6.45, 7) is 1.70. The summed E-state index contributed by atoms with van der Waals surface area (Å²) in [6.07, 6.45) is 4.49. The van der Waals surface area contributed by atoms with Crippen LogP contribution in [0.1, 0.15) is 36.5 Å². The normalized spacial score (nSPS) is 20.2. The van der Waals surface area contributed by atoms with Crippen molar-refractivity contribution < 1.29 is 14.4 Å². The predicted octanol–water partition coefficient (Wildman–Crippen LogP) is 3.24. The molecule has 0 radical (unpaired) electrons. The topological polar surface area (TPSA) is 78.5 Å². The van der Waals surface area contributed by atoms with Crippen molar-refractivity contribution >= 4 is 29.6 Å². The third-order valence-corrected chi connectivity index (χ3v) is 6.69. The summed E-state index contributed by atoms with van der Waals surface area (Å²) in [5.74, 6) is -0.674. The van der Waals surface area contributed by atoms with Gasteiger partial charge in [-0.3, -0.25) is 15.0 Å². The Hall–Kier alpha value is -2.80. The molecule has 0 spiro atoms. The van der Waals surface area contributed by atoms with Gasteiger partial charge >= 0.3 is 6.03 Å². The lowest BCUT2D eigenvalue weighted by Crippen LogP contribution is -2.49. The third kappa shape index (κ3) is 4.36. The largest absolute Gasteiger partial charge is 0.344 e. The molecule has 30 heavy (non-hydrogen) atoms. The number of hydrogen-bond donors (Lipinski definition) is 2. The fourth-order valence-corrected chi connectivity index (χ4v) is 4.69. The smallest absolute Gasteiger partial charge is 0.322 e. The molecular formula is C23H25N3O3S. The summed E-state index contributed by atoms with van der Waals surface area (Å²) in [5, 5.41) is 3.54. The fraction of sp³-hybridized carbons (Fsp3) is 0.348. The lowest BCUT2D eigenvalue weighted by Gasteiger charge is -2.21. The van der Waals surface area contributed by atoms with E-state index in [1.807, 2.05) is 36.4 Å². The zero-order chi connectivity index (χ0) is 21.1. The van der Waals surface area contributed by atoms with Crippen molar-refractivity contribution in [2.75, 3.05) is 5.75 Å². The molecule has 156 valence electrons. The number of hydrazine groups is 1. The van der Waals surface area contributed by atoms with E-state index in [4.69, 9.17) is 0 Å². The molecule has 0 bridgehead atoms. The minimum Gasteiger partial charge on any atom is -0.322 e. The van der Waals surface area contributed by atoms with Gasteiger partial charge in [0.05, 0.1) is 5.75 Å². The van der Waals surface area contributed by atoms with Crippen molar-refractivity contribution in [2.24, 2.45) is 0 Å². The van der Waals surface area contributed by atoms with Crippen LogP contribution in [0.2, 0.25) is 0 Å². The molecule has 1 saturated heterocycles. The zero-order valence-corrected chi connectivity index (χ0v) is 17.8. The molecule has 2 aromatic rings. The maximum atomic E-state index is 12.8. The minimum absolute atomic E-state index is 0.135. The van der Waals surface area contributed by atoms with E-state index in [2.05, 4.69) is 22.9 Å². The van der Waals surface area contributed by atoms with Crippen LogP contribution in [0.3, 0.4) is 0 Å². The molecule has 7 heteroatoms. The van der Waals surface area contributed by atoms with E-state index in [9.17, 15) is 14.4 Å². The van der Waals surface area contributed by atoms with E-state index in [-0.39, 0.29) is 11.7 Å². The number of carbonyl (C=O) groups is 3. The number of nitrogens with one attached hydrogen (secondary N) is 2. The number of hydrogen-bond acceptors (Lipinski definition) is 4. The number of carbonyl (C=O) groups excluding carboxylic acids is 3. The van der Waals surface area contributed by atoms with Crippen LogP contribution in [0, 0.1) is 0 Å². The van der Waals surface area contributed by atoms with Gasteiger partial charge in [0.2, 0.25) is 5.91 Å². The van der Waals surface area contributed by atoms with Crippen LogP contribution in [-0.2, 0) is 28.9 Å². The molecule has 1 unspecified atom stereocenters. The summed E-state index contributed by atoms with van der Waals surface area (Å²) < 4.78 is 0. The van der Waals surface area contributed by atoms with E-state index in [0.717, 1.165) is 28.3 Å². The number of imide groups is 1. The number of thioether (sulfide) groups is 1. The van der Waals surface area contributed by atoms with Crippen LogP contribution >= 0.6 is 11.8 Å². The van der Waals surface area contributed by atoms with Crippen LogP contribution in [0.4, 0.5) is 4.79 Å². The van der Waals surface area contributed by atoms with Crippen LogP contribution < -0.4 is 10.7 Å². The average Bonchev–Trinajstić information content (AvgIpc) is 3.30. The first-order valence-electron chi connectivity index (χ1n) is 10.2. The summed E-state index contributed by atoms with van der Waals surface area (Å²) >= 11 is 1.41. The number of urea groups is 1. The molecule has 0 aromatic heterocycles.